The monoisotopic (exact) mass is 250 g/mol. The zero-order valence-corrected chi connectivity index (χ0v) is 10.4. The average molecular weight is 250 g/mol. The van der Waals surface area contributed by atoms with Crippen LogP contribution < -0.4 is 5.32 Å². The summed E-state index contributed by atoms with van der Waals surface area (Å²) >= 11 is 0. The number of aromatic hydroxyl groups is 1. The number of phenolic OH excluding ortho intramolecular Hbond substituents is 1. The first-order valence-corrected chi connectivity index (χ1v) is 5.22. The normalized spacial score (nSPS) is 9.72. The second-order valence-electron chi connectivity index (χ2n) is 3.71. The van der Waals surface area contributed by atoms with Crippen molar-refractivity contribution in [2.24, 2.45) is 0 Å². The minimum atomic E-state index is -0.558. The van der Waals surface area contributed by atoms with Crippen molar-refractivity contribution in [1.82, 2.24) is 10.2 Å². The van der Waals surface area contributed by atoms with E-state index in [0.717, 1.165) is 4.90 Å². The van der Waals surface area contributed by atoms with Gasteiger partial charge in [0.15, 0.2) is 5.78 Å². The van der Waals surface area contributed by atoms with Crippen molar-refractivity contribution in [2.75, 3.05) is 14.1 Å². The van der Waals surface area contributed by atoms with Gasteiger partial charge in [-0.1, -0.05) is 0 Å². The molecule has 0 aliphatic heterocycles. The van der Waals surface area contributed by atoms with E-state index in [1.165, 1.54) is 39.2 Å². The van der Waals surface area contributed by atoms with Crippen LogP contribution in [0.1, 0.15) is 27.6 Å². The Morgan fingerprint density at radius 1 is 1.28 bits per heavy atom. The van der Waals surface area contributed by atoms with Crippen LogP contribution in [0.2, 0.25) is 0 Å². The molecule has 0 atom stereocenters. The fourth-order valence-corrected chi connectivity index (χ4v) is 1.40. The van der Waals surface area contributed by atoms with E-state index in [1.54, 1.807) is 0 Å². The molecule has 0 spiro atoms. The molecule has 6 heteroatoms. The molecule has 0 aliphatic carbocycles. The number of nitrogens with zero attached hydrogens (tertiary/aromatic N) is 1. The Hall–Kier alpha value is -2.37. The van der Waals surface area contributed by atoms with Gasteiger partial charge in [-0.3, -0.25) is 14.5 Å². The molecule has 0 bridgehead atoms. The van der Waals surface area contributed by atoms with E-state index in [4.69, 9.17) is 0 Å². The predicted octanol–water partition coefficient (Wildman–Crippen LogP) is 1.01. The third kappa shape index (κ3) is 2.65. The van der Waals surface area contributed by atoms with Crippen molar-refractivity contribution < 1.29 is 19.5 Å². The SMILES string of the molecule is CNC(=O)N(C)C(=O)c1ccc(O)c(C(C)=O)c1. The van der Waals surface area contributed by atoms with Gasteiger partial charge in [-0.2, -0.15) is 0 Å². The summed E-state index contributed by atoms with van der Waals surface area (Å²) in [4.78, 5) is 35.3. The summed E-state index contributed by atoms with van der Waals surface area (Å²) in [6.07, 6.45) is 0. The number of amides is 3. The van der Waals surface area contributed by atoms with Crippen molar-refractivity contribution in [2.45, 2.75) is 6.92 Å². The van der Waals surface area contributed by atoms with Crippen molar-refractivity contribution in [3.63, 3.8) is 0 Å². The Bertz CT molecular complexity index is 511. The molecule has 1 aromatic carbocycles. The minimum absolute atomic E-state index is 0.0474. The quantitative estimate of drug-likeness (QED) is 0.767. The first kappa shape index (κ1) is 13.7. The summed E-state index contributed by atoms with van der Waals surface area (Å²) < 4.78 is 0. The van der Waals surface area contributed by atoms with Crippen molar-refractivity contribution >= 4 is 17.7 Å². The molecule has 3 amide bonds. The fourth-order valence-electron chi connectivity index (χ4n) is 1.40. The number of hydrogen-bond donors (Lipinski definition) is 2. The number of urea groups is 1. The second-order valence-corrected chi connectivity index (χ2v) is 3.71. The molecule has 0 aromatic heterocycles. The van der Waals surface area contributed by atoms with Crippen molar-refractivity contribution in [3.05, 3.63) is 29.3 Å². The summed E-state index contributed by atoms with van der Waals surface area (Å²) in [5, 5.41) is 11.8. The summed E-state index contributed by atoms with van der Waals surface area (Å²) in [5.74, 6) is -1.11. The Morgan fingerprint density at radius 2 is 1.89 bits per heavy atom. The van der Waals surface area contributed by atoms with Crippen LogP contribution in [0.3, 0.4) is 0 Å². The number of rotatable bonds is 2. The summed E-state index contributed by atoms with van der Waals surface area (Å²) in [7, 11) is 2.73. The lowest BCUT2D eigenvalue weighted by Crippen LogP contribution is -2.39. The third-order valence-electron chi connectivity index (χ3n) is 2.45. The largest absolute Gasteiger partial charge is 0.507 e. The number of nitrogens with one attached hydrogen (secondary N) is 1. The Balaban J connectivity index is 3.11. The van der Waals surface area contributed by atoms with Gasteiger partial charge in [-0.25, -0.2) is 4.79 Å². The van der Waals surface area contributed by atoms with E-state index in [0.29, 0.717) is 0 Å². The van der Waals surface area contributed by atoms with E-state index in [1.807, 2.05) is 0 Å². The van der Waals surface area contributed by atoms with Gasteiger partial charge < -0.3 is 10.4 Å². The Morgan fingerprint density at radius 3 is 2.39 bits per heavy atom. The van der Waals surface area contributed by atoms with Gasteiger partial charge >= 0.3 is 6.03 Å². The number of benzene rings is 1. The highest BCUT2D eigenvalue weighted by molar-refractivity contribution is 6.06. The minimum Gasteiger partial charge on any atom is -0.507 e. The van der Waals surface area contributed by atoms with Crippen LogP contribution in [-0.2, 0) is 0 Å². The molecule has 6 nitrogen and oxygen atoms in total. The highest BCUT2D eigenvalue weighted by Gasteiger charge is 2.19. The van der Waals surface area contributed by atoms with Crippen LogP contribution in [0.25, 0.3) is 0 Å². The van der Waals surface area contributed by atoms with E-state index in [2.05, 4.69) is 5.32 Å². The highest BCUT2D eigenvalue weighted by Crippen LogP contribution is 2.19. The van der Waals surface area contributed by atoms with Gasteiger partial charge in [-0.05, 0) is 25.1 Å². The molecule has 0 saturated heterocycles. The van der Waals surface area contributed by atoms with Crippen LogP contribution in [-0.4, -0.2) is 41.8 Å². The number of carbonyl (C=O) groups is 3. The molecule has 0 saturated carbocycles. The number of ketones is 1. The number of Topliss-reactive ketones (excluding diaryl/α,β-unsaturated/α-hetero) is 1. The molecular weight excluding hydrogens is 236 g/mol. The zero-order valence-electron chi connectivity index (χ0n) is 10.4. The summed E-state index contributed by atoms with van der Waals surface area (Å²) in [5.41, 5.74) is 0.204. The first-order chi connectivity index (χ1) is 8.38. The van der Waals surface area contributed by atoms with E-state index in [9.17, 15) is 19.5 Å². The van der Waals surface area contributed by atoms with Gasteiger partial charge in [0.25, 0.3) is 5.91 Å². The van der Waals surface area contributed by atoms with Gasteiger partial charge in [0.1, 0.15) is 5.75 Å². The predicted molar refractivity (Wildman–Crippen MR) is 64.7 cm³/mol. The maximum atomic E-state index is 11.9. The molecule has 1 aromatic rings. The van der Waals surface area contributed by atoms with Gasteiger partial charge in [0.2, 0.25) is 0 Å². The number of phenols is 1. The standard InChI is InChI=1S/C12H14N2O4/c1-7(15)9-6-8(4-5-10(9)16)11(17)14(3)12(18)13-2/h4-6,16H,1-3H3,(H,13,18). The number of imide groups is 1. The summed E-state index contributed by atoms with van der Waals surface area (Å²) in [6, 6.07) is 3.31. The third-order valence-corrected chi connectivity index (χ3v) is 2.45. The van der Waals surface area contributed by atoms with Crippen LogP contribution in [0.4, 0.5) is 4.79 Å². The molecular formula is C12H14N2O4. The maximum absolute atomic E-state index is 11.9. The molecule has 18 heavy (non-hydrogen) atoms. The Labute approximate surface area is 104 Å². The molecule has 96 valence electrons. The lowest BCUT2D eigenvalue weighted by atomic mass is 10.1. The van der Waals surface area contributed by atoms with Gasteiger partial charge in [0, 0.05) is 19.7 Å². The zero-order chi connectivity index (χ0) is 13.9. The van der Waals surface area contributed by atoms with Crippen molar-refractivity contribution in [1.29, 1.82) is 0 Å². The molecule has 0 radical (unpaired) electrons. The lowest BCUT2D eigenvalue weighted by molar-refractivity contribution is 0.0832. The highest BCUT2D eigenvalue weighted by atomic mass is 16.3. The van der Waals surface area contributed by atoms with E-state index < -0.39 is 11.9 Å². The summed E-state index contributed by atoms with van der Waals surface area (Å²) in [6.45, 7) is 1.28. The molecule has 0 fully saturated rings. The lowest BCUT2D eigenvalue weighted by Gasteiger charge is -2.15. The van der Waals surface area contributed by atoms with Crippen molar-refractivity contribution in [3.8, 4) is 5.75 Å². The van der Waals surface area contributed by atoms with Crippen LogP contribution in [0.5, 0.6) is 5.75 Å². The van der Waals surface area contributed by atoms with E-state index in [-0.39, 0.29) is 22.7 Å². The topological polar surface area (TPSA) is 86.7 Å². The van der Waals surface area contributed by atoms with E-state index >= 15 is 0 Å². The smallest absolute Gasteiger partial charge is 0.323 e. The second kappa shape index (κ2) is 5.31. The average Bonchev–Trinajstić information content (AvgIpc) is 2.36. The molecule has 0 heterocycles. The Kier molecular flexibility index (Phi) is 4.04. The molecule has 0 aliphatic rings. The molecule has 1 rings (SSSR count). The molecule has 0 unspecified atom stereocenters. The fraction of sp³-hybridized carbons (Fsp3) is 0.250. The number of hydrogen-bond acceptors (Lipinski definition) is 4. The molecule has 2 N–H and O–H groups in total. The number of carbonyl (C=O) groups excluding carboxylic acids is 3. The van der Waals surface area contributed by atoms with Gasteiger partial charge in [-0.15, -0.1) is 0 Å². The van der Waals surface area contributed by atoms with Crippen LogP contribution in [0, 0.1) is 0 Å². The van der Waals surface area contributed by atoms with Gasteiger partial charge in [0.05, 0.1) is 5.56 Å². The van der Waals surface area contributed by atoms with Crippen LogP contribution >= 0.6 is 0 Å². The van der Waals surface area contributed by atoms with Crippen LogP contribution in [0.15, 0.2) is 18.2 Å². The maximum Gasteiger partial charge on any atom is 0.323 e. The first-order valence-electron chi connectivity index (χ1n) is 5.22.